The van der Waals surface area contributed by atoms with Crippen LogP contribution in [0.2, 0.25) is 0 Å². The fourth-order valence-corrected chi connectivity index (χ4v) is 6.88. The largest absolute Gasteiger partial charge is 0.480 e. The maximum atomic E-state index is 13.0. The number of amides is 2. The van der Waals surface area contributed by atoms with Crippen molar-refractivity contribution in [2.45, 2.75) is 59.0 Å². The molecule has 0 spiro atoms. The van der Waals surface area contributed by atoms with Crippen LogP contribution in [0.1, 0.15) is 31.9 Å². The Morgan fingerprint density at radius 2 is 1.79 bits per heavy atom. The number of β-lactam (4-membered cyclic amide) rings is 1. The summed E-state index contributed by atoms with van der Waals surface area (Å²) in [5.41, 5.74) is 0.622. The van der Waals surface area contributed by atoms with E-state index in [0.29, 0.717) is 0 Å². The van der Waals surface area contributed by atoms with Gasteiger partial charge in [0.1, 0.15) is 17.5 Å². The number of nitriles is 1. The van der Waals surface area contributed by atoms with Gasteiger partial charge in [0.15, 0.2) is 0 Å². The van der Waals surface area contributed by atoms with E-state index < -0.39 is 44.7 Å². The molecule has 2 aliphatic rings. The van der Waals surface area contributed by atoms with E-state index in [4.69, 9.17) is 0 Å². The Balaban J connectivity index is 1.41. The number of carboxylic acids is 1. The summed E-state index contributed by atoms with van der Waals surface area (Å²) < 4.78 is -0.780. The summed E-state index contributed by atoms with van der Waals surface area (Å²) >= 11 is 2.57. The molecule has 2 amide bonds. The quantitative estimate of drug-likeness (QED) is 0.448. The van der Waals surface area contributed by atoms with Crippen LogP contribution in [-0.4, -0.2) is 54.7 Å². The van der Waals surface area contributed by atoms with Crippen LogP contribution in [0, 0.1) is 11.3 Å². The van der Waals surface area contributed by atoms with Gasteiger partial charge in [0.05, 0.1) is 5.25 Å². The second-order valence-corrected chi connectivity index (χ2v) is 12.2. The lowest BCUT2D eigenvalue weighted by Crippen LogP contribution is -2.79. The van der Waals surface area contributed by atoms with Crippen molar-refractivity contribution in [1.82, 2.24) is 10.2 Å². The van der Waals surface area contributed by atoms with Gasteiger partial charge in [0.2, 0.25) is 11.4 Å². The highest BCUT2D eigenvalue weighted by molar-refractivity contribution is 8.01. The lowest BCUT2D eigenvalue weighted by Gasteiger charge is -2.49. The Bertz CT molecular complexity index is 1160. The van der Waals surface area contributed by atoms with Crippen molar-refractivity contribution in [2.75, 3.05) is 0 Å². The van der Waals surface area contributed by atoms with Crippen LogP contribution in [0.25, 0.3) is 0 Å². The van der Waals surface area contributed by atoms with E-state index in [-0.39, 0.29) is 0 Å². The van der Waals surface area contributed by atoms with Gasteiger partial charge in [-0.25, -0.2) is 4.79 Å². The zero-order valence-corrected chi connectivity index (χ0v) is 20.7. The number of nitrogens with zero attached hydrogens (tertiary/aromatic N) is 2. The van der Waals surface area contributed by atoms with Gasteiger partial charge in [-0.05, 0) is 50.5 Å². The molecule has 4 atom stereocenters. The summed E-state index contributed by atoms with van der Waals surface area (Å²) in [4.78, 5) is 39.7. The molecule has 2 N–H and O–H groups in total. The van der Waals surface area contributed by atoms with Crippen molar-refractivity contribution >= 4 is 41.3 Å². The van der Waals surface area contributed by atoms with Crippen molar-refractivity contribution in [2.24, 2.45) is 0 Å². The first-order chi connectivity index (χ1) is 16.1. The van der Waals surface area contributed by atoms with E-state index in [1.807, 2.05) is 48.5 Å². The first-order valence-electron chi connectivity index (χ1n) is 10.9. The molecule has 2 aromatic carbocycles. The number of benzene rings is 2. The SMILES string of the molecule is CC(Sc1ccc(Cc2ccccc2)cc1)C(=O)N[C@@]1(C#N)C(=O)N2[C@@H](C(=O)O)C(C)(C)S[C@@H]21. The minimum absolute atomic E-state index is 0.440. The molecule has 2 aromatic rings. The molecule has 34 heavy (non-hydrogen) atoms. The summed E-state index contributed by atoms with van der Waals surface area (Å²) in [6.45, 7) is 5.17. The molecule has 2 saturated heterocycles. The Kier molecular flexibility index (Phi) is 6.40. The molecule has 0 bridgehead atoms. The average Bonchev–Trinajstić information content (AvgIpc) is 3.08. The van der Waals surface area contributed by atoms with Crippen molar-refractivity contribution in [3.05, 3.63) is 65.7 Å². The molecule has 0 saturated carbocycles. The van der Waals surface area contributed by atoms with E-state index in [2.05, 4.69) is 17.4 Å². The summed E-state index contributed by atoms with van der Waals surface area (Å²) in [6, 6.07) is 19.0. The number of carboxylic acid groups (broad SMARTS) is 1. The van der Waals surface area contributed by atoms with Gasteiger partial charge in [-0.15, -0.1) is 23.5 Å². The Morgan fingerprint density at radius 3 is 2.38 bits per heavy atom. The Labute approximate surface area is 206 Å². The van der Waals surface area contributed by atoms with E-state index in [1.54, 1.807) is 20.8 Å². The number of carbonyl (C=O) groups excluding carboxylic acids is 2. The fraction of sp³-hybridized carbons (Fsp3) is 0.360. The summed E-state index contributed by atoms with van der Waals surface area (Å²) in [5, 5.41) is 20.8. The molecule has 0 aliphatic carbocycles. The molecule has 1 unspecified atom stereocenters. The zero-order chi connectivity index (χ0) is 24.7. The molecule has 176 valence electrons. The first kappa shape index (κ1) is 24.2. The third-order valence-corrected chi connectivity index (χ3v) is 8.88. The van der Waals surface area contributed by atoms with Crippen LogP contribution >= 0.6 is 23.5 Å². The fourth-order valence-electron chi connectivity index (χ4n) is 4.38. The Morgan fingerprint density at radius 1 is 1.18 bits per heavy atom. The first-order valence-corrected chi connectivity index (χ1v) is 12.6. The van der Waals surface area contributed by atoms with Crippen LogP contribution in [-0.2, 0) is 20.8 Å². The molecule has 0 radical (unpaired) electrons. The predicted octanol–water partition coefficient (Wildman–Crippen LogP) is 3.28. The second kappa shape index (κ2) is 9.01. The van der Waals surface area contributed by atoms with Gasteiger partial charge < -0.3 is 15.3 Å². The lowest BCUT2D eigenvalue weighted by atomic mass is 9.85. The summed E-state index contributed by atoms with van der Waals surface area (Å²) in [7, 11) is 0. The Hall–Kier alpha value is -2.96. The van der Waals surface area contributed by atoms with Crippen molar-refractivity contribution in [3.63, 3.8) is 0 Å². The third-order valence-electron chi connectivity index (χ3n) is 6.13. The molecular formula is C25H25N3O4S2. The third kappa shape index (κ3) is 4.17. The molecular weight excluding hydrogens is 470 g/mol. The van der Waals surface area contributed by atoms with Crippen molar-refractivity contribution in [3.8, 4) is 6.07 Å². The molecule has 2 fully saturated rings. The van der Waals surface area contributed by atoms with Gasteiger partial charge in [0, 0.05) is 9.64 Å². The number of carbonyl (C=O) groups is 3. The van der Waals surface area contributed by atoms with Gasteiger partial charge in [-0.3, -0.25) is 9.59 Å². The van der Waals surface area contributed by atoms with Crippen molar-refractivity contribution < 1.29 is 19.5 Å². The van der Waals surface area contributed by atoms with Gasteiger partial charge in [-0.2, -0.15) is 5.26 Å². The second-order valence-electron chi connectivity index (χ2n) is 9.00. The van der Waals surface area contributed by atoms with Crippen LogP contribution < -0.4 is 5.32 Å². The zero-order valence-electron chi connectivity index (χ0n) is 19.0. The number of hydrogen-bond donors (Lipinski definition) is 2. The monoisotopic (exact) mass is 495 g/mol. The van der Waals surface area contributed by atoms with Crippen LogP contribution in [0.5, 0.6) is 0 Å². The normalized spacial score (nSPS) is 25.6. The number of rotatable bonds is 7. The van der Waals surface area contributed by atoms with Crippen molar-refractivity contribution in [1.29, 1.82) is 5.26 Å². The smallest absolute Gasteiger partial charge is 0.327 e. The minimum Gasteiger partial charge on any atom is -0.480 e. The van der Waals surface area contributed by atoms with E-state index in [0.717, 1.165) is 16.9 Å². The summed E-state index contributed by atoms with van der Waals surface area (Å²) in [6.07, 6.45) is 0.817. The highest BCUT2D eigenvalue weighted by Crippen LogP contribution is 2.54. The minimum atomic E-state index is -1.75. The molecule has 0 aromatic heterocycles. The number of fused-ring (bicyclic) bond motifs is 1. The predicted molar refractivity (Wildman–Crippen MR) is 131 cm³/mol. The molecule has 7 nitrogen and oxygen atoms in total. The number of thioether (sulfide) groups is 2. The van der Waals surface area contributed by atoms with Crippen LogP contribution in [0.15, 0.2) is 59.5 Å². The van der Waals surface area contributed by atoms with Gasteiger partial charge in [0.25, 0.3) is 5.91 Å². The molecule has 2 aliphatic heterocycles. The maximum absolute atomic E-state index is 13.0. The average molecular weight is 496 g/mol. The van der Waals surface area contributed by atoms with E-state index >= 15 is 0 Å². The number of hydrogen-bond acceptors (Lipinski definition) is 6. The molecule has 2 heterocycles. The van der Waals surface area contributed by atoms with E-state index in [1.165, 1.54) is 34.0 Å². The lowest BCUT2D eigenvalue weighted by molar-refractivity contribution is -0.165. The molecule has 9 heteroatoms. The van der Waals surface area contributed by atoms with Crippen LogP contribution in [0.4, 0.5) is 0 Å². The molecule has 4 rings (SSSR count). The highest BCUT2D eigenvalue weighted by Gasteiger charge is 2.73. The van der Waals surface area contributed by atoms with Gasteiger partial charge >= 0.3 is 5.97 Å². The number of aliphatic carboxylic acids is 1. The highest BCUT2D eigenvalue weighted by atomic mass is 32.2. The van der Waals surface area contributed by atoms with Gasteiger partial charge in [-0.1, -0.05) is 42.5 Å². The summed E-state index contributed by atoms with van der Waals surface area (Å²) in [5.74, 6) is -2.22. The maximum Gasteiger partial charge on any atom is 0.327 e. The van der Waals surface area contributed by atoms with E-state index in [9.17, 15) is 24.8 Å². The standard InChI is InChI=1S/C25H25N3O4S2/c1-15(33-18-11-9-17(10-12-18)13-16-7-5-4-6-8-16)20(29)27-25(14-26)22(32)28-19(21(30)31)24(2,3)34-23(25)28/h4-12,15,19,23H,13H2,1-3H3,(H,27,29)(H,30,31)/t15?,19-,23+,25-/m0/s1. The number of nitrogens with one attached hydrogen (secondary N) is 1. The topological polar surface area (TPSA) is 111 Å². The van der Waals surface area contributed by atoms with Crippen LogP contribution in [0.3, 0.4) is 0 Å².